The van der Waals surface area contributed by atoms with Crippen molar-refractivity contribution in [3.63, 3.8) is 0 Å². The third-order valence-electron chi connectivity index (χ3n) is 3.30. The van der Waals surface area contributed by atoms with Crippen molar-refractivity contribution in [3.05, 3.63) is 29.6 Å². The molecular formula is C15H26FN3. The third kappa shape index (κ3) is 3.91. The molecule has 2 atom stereocenters. The summed E-state index contributed by atoms with van der Waals surface area (Å²) < 4.78 is 14.0. The van der Waals surface area contributed by atoms with Crippen molar-refractivity contribution in [2.75, 3.05) is 32.1 Å². The number of nitrogens with zero attached hydrogens (tertiary/aromatic N) is 2. The first kappa shape index (κ1) is 15.9. The molecule has 2 unspecified atom stereocenters. The number of likely N-dealkylation sites (N-methyl/N-ethyl adjacent to an activating group) is 2. The van der Waals surface area contributed by atoms with Gasteiger partial charge in [-0.15, -0.1) is 0 Å². The lowest BCUT2D eigenvalue weighted by atomic mass is 10.0. The van der Waals surface area contributed by atoms with Crippen LogP contribution in [0.4, 0.5) is 10.1 Å². The largest absolute Gasteiger partial charge is 0.367 e. The number of hydrogen-bond donors (Lipinski definition) is 1. The lowest BCUT2D eigenvalue weighted by molar-refractivity contribution is 0.372. The van der Waals surface area contributed by atoms with E-state index in [2.05, 4.69) is 23.6 Å². The summed E-state index contributed by atoms with van der Waals surface area (Å²) in [5.41, 5.74) is 7.45. The van der Waals surface area contributed by atoms with Gasteiger partial charge in [0, 0.05) is 36.4 Å². The van der Waals surface area contributed by atoms with Gasteiger partial charge in [-0.1, -0.05) is 6.07 Å². The fourth-order valence-corrected chi connectivity index (χ4v) is 2.57. The smallest absolute Gasteiger partial charge is 0.130 e. The Morgan fingerprint density at radius 1 is 1.26 bits per heavy atom. The van der Waals surface area contributed by atoms with Crippen molar-refractivity contribution in [3.8, 4) is 0 Å². The van der Waals surface area contributed by atoms with E-state index in [1.165, 1.54) is 6.07 Å². The second-order valence-corrected chi connectivity index (χ2v) is 5.36. The zero-order chi connectivity index (χ0) is 14.6. The highest BCUT2D eigenvalue weighted by atomic mass is 19.1. The number of hydrogen-bond acceptors (Lipinski definition) is 3. The van der Waals surface area contributed by atoms with Crippen LogP contribution in [0.15, 0.2) is 18.2 Å². The van der Waals surface area contributed by atoms with Crippen LogP contribution in [0.1, 0.15) is 32.4 Å². The van der Waals surface area contributed by atoms with Crippen molar-refractivity contribution in [2.24, 2.45) is 5.73 Å². The Balaban J connectivity index is 3.14. The average molecular weight is 267 g/mol. The molecule has 0 spiro atoms. The Labute approximate surface area is 116 Å². The fraction of sp³-hybridized carbons (Fsp3) is 0.600. The van der Waals surface area contributed by atoms with Crippen LogP contribution in [0.2, 0.25) is 0 Å². The normalized spacial score (nSPS) is 14.5. The number of halogens is 1. The van der Waals surface area contributed by atoms with E-state index in [1.54, 1.807) is 6.07 Å². The highest BCUT2D eigenvalue weighted by molar-refractivity contribution is 5.56. The molecule has 0 amide bonds. The molecule has 0 bridgehead atoms. The standard InChI is InChI=1S/C15H26FN3/c1-6-19(11(2)10-18(4)5)14-9-7-8-13(16)15(14)12(3)17/h7-9,11-12H,6,10,17H2,1-5H3. The molecular weight excluding hydrogens is 241 g/mol. The van der Waals surface area contributed by atoms with Crippen molar-refractivity contribution in [1.82, 2.24) is 4.90 Å². The van der Waals surface area contributed by atoms with Gasteiger partial charge in [0.05, 0.1) is 0 Å². The molecule has 0 aliphatic heterocycles. The molecule has 1 aromatic carbocycles. The van der Waals surface area contributed by atoms with E-state index in [9.17, 15) is 4.39 Å². The van der Waals surface area contributed by atoms with Crippen LogP contribution in [0.25, 0.3) is 0 Å². The quantitative estimate of drug-likeness (QED) is 0.860. The molecule has 1 rings (SSSR count). The zero-order valence-corrected chi connectivity index (χ0v) is 12.7. The Bertz CT molecular complexity index is 404. The molecule has 0 saturated carbocycles. The highest BCUT2D eigenvalue weighted by Gasteiger charge is 2.20. The maximum Gasteiger partial charge on any atom is 0.130 e. The van der Waals surface area contributed by atoms with Gasteiger partial charge in [0.1, 0.15) is 5.82 Å². The third-order valence-corrected chi connectivity index (χ3v) is 3.30. The zero-order valence-electron chi connectivity index (χ0n) is 12.7. The van der Waals surface area contributed by atoms with Crippen molar-refractivity contribution in [2.45, 2.75) is 32.9 Å². The number of nitrogens with two attached hydrogens (primary N) is 1. The first-order valence-corrected chi connectivity index (χ1v) is 6.83. The summed E-state index contributed by atoms with van der Waals surface area (Å²) in [6.07, 6.45) is 0. The molecule has 0 fully saturated rings. The summed E-state index contributed by atoms with van der Waals surface area (Å²) in [4.78, 5) is 4.35. The van der Waals surface area contributed by atoms with E-state index < -0.39 is 0 Å². The molecule has 108 valence electrons. The average Bonchev–Trinajstić information content (AvgIpc) is 2.28. The Morgan fingerprint density at radius 3 is 2.37 bits per heavy atom. The van der Waals surface area contributed by atoms with Crippen LogP contribution in [-0.2, 0) is 0 Å². The van der Waals surface area contributed by atoms with Crippen molar-refractivity contribution in [1.29, 1.82) is 0 Å². The molecule has 0 radical (unpaired) electrons. The maximum absolute atomic E-state index is 14.0. The first-order chi connectivity index (χ1) is 8.88. The van der Waals surface area contributed by atoms with Crippen molar-refractivity contribution < 1.29 is 4.39 Å². The molecule has 0 aliphatic rings. The Kier molecular flexibility index (Phi) is 5.76. The molecule has 0 saturated heterocycles. The van der Waals surface area contributed by atoms with Gasteiger partial charge >= 0.3 is 0 Å². The van der Waals surface area contributed by atoms with Crippen LogP contribution in [0, 0.1) is 5.82 Å². The summed E-state index contributed by atoms with van der Waals surface area (Å²) in [7, 11) is 4.09. The van der Waals surface area contributed by atoms with Crippen LogP contribution < -0.4 is 10.6 Å². The molecule has 0 aromatic heterocycles. The van der Waals surface area contributed by atoms with E-state index in [4.69, 9.17) is 5.73 Å². The predicted molar refractivity (Wildman–Crippen MR) is 80.0 cm³/mol. The second kappa shape index (κ2) is 6.87. The molecule has 19 heavy (non-hydrogen) atoms. The van der Waals surface area contributed by atoms with Gasteiger partial charge < -0.3 is 15.5 Å². The minimum absolute atomic E-state index is 0.219. The molecule has 0 aliphatic carbocycles. The van der Waals surface area contributed by atoms with E-state index in [-0.39, 0.29) is 11.9 Å². The molecule has 3 nitrogen and oxygen atoms in total. The van der Waals surface area contributed by atoms with Gasteiger partial charge in [-0.3, -0.25) is 0 Å². The molecule has 0 heterocycles. The minimum Gasteiger partial charge on any atom is -0.367 e. The number of benzene rings is 1. The topological polar surface area (TPSA) is 32.5 Å². The molecule has 4 heteroatoms. The fourth-order valence-electron chi connectivity index (χ4n) is 2.57. The van der Waals surface area contributed by atoms with Crippen LogP contribution in [0.3, 0.4) is 0 Å². The minimum atomic E-state index is -0.309. The van der Waals surface area contributed by atoms with Crippen LogP contribution in [-0.4, -0.2) is 38.1 Å². The van der Waals surface area contributed by atoms with Gasteiger partial charge in [-0.25, -0.2) is 4.39 Å². The second-order valence-electron chi connectivity index (χ2n) is 5.36. The van der Waals surface area contributed by atoms with Crippen LogP contribution in [0.5, 0.6) is 0 Å². The van der Waals surface area contributed by atoms with E-state index >= 15 is 0 Å². The summed E-state index contributed by atoms with van der Waals surface area (Å²) in [5.74, 6) is -0.219. The Morgan fingerprint density at radius 2 is 1.89 bits per heavy atom. The molecule has 1 aromatic rings. The lowest BCUT2D eigenvalue weighted by Crippen LogP contribution is -2.41. The van der Waals surface area contributed by atoms with Crippen LogP contribution >= 0.6 is 0 Å². The SMILES string of the molecule is CCN(c1cccc(F)c1C(C)N)C(C)CN(C)C. The van der Waals surface area contributed by atoms with Gasteiger partial charge in [0.15, 0.2) is 0 Å². The van der Waals surface area contributed by atoms with Gasteiger partial charge in [0.2, 0.25) is 0 Å². The first-order valence-electron chi connectivity index (χ1n) is 6.83. The summed E-state index contributed by atoms with van der Waals surface area (Å²) in [6, 6.07) is 5.18. The Hall–Kier alpha value is -1.13. The molecule has 2 N–H and O–H groups in total. The monoisotopic (exact) mass is 267 g/mol. The van der Waals surface area contributed by atoms with E-state index in [0.29, 0.717) is 11.6 Å². The van der Waals surface area contributed by atoms with Gasteiger partial charge in [-0.2, -0.15) is 0 Å². The van der Waals surface area contributed by atoms with Gasteiger partial charge in [0.25, 0.3) is 0 Å². The lowest BCUT2D eigenvalue weighted by Gasteiger charge is -2.34. The predicted octanol–water partition coefficient (Wildman–Crippen LogP) is 2.62. The van der Waals surface area contributed by atoms with Crippen molar-refractivity contribution >= 4 is 5.69 Å². The maximum atomic E-state index is 14.0. The highest BCUT2D eigenvalue weighted by Crippen LogP contribution is 2.29. The van der Waals surface area contributed by atoms with E-state index in [0.717, 1.165) is 18.8 Å². The summed E-state index contributed by atoms with van der Waals surface area (Å²) in [5, 5.41) is 0. The summed E-state index contributed by atoms with van der Waals surface area (Å²) in [6.45, 7) is 7.81. The number of anilines is 1. The van der Waals surface area contributed by atoms with Gasteiger partial charge in [-0.05, 0) is 47.0 Å². The summed E-state index contributed by atoms with van der Waals surface area (Å²) >= 11 is 0. The number of rotatable bonds is 6. The van der Waals surface area contributed by atoms with E-state index in [1.807, 2.05) is 27.1 Å².